The lowest BCUT2D eigenvalue weighted by Gasteiger charge is -2.13. The van der Waals surface area contributed by atoms with Gasteiger partial charge in [0.25, 0.3) is 0 Å². The molecule has 1 aromatic rings. The van der Waals surface area contributed by atoms with Gasteiger partial charge in [0.1, 0.15) is 11.3 Å². The van der Waals surface area contributed by atoms with Gasteiger partial charge in [-0.25, -0.2) is 13.6 Å². The summed E-state index contributed by atoms with van der Waals surface area (Å²) >= 11 is 0. The molecule has 0 fully saturated rings. The third-order valence-electron chi connectivity index (χ3n) is 1.48. The first-order chi connectivity index (χ1) is 6.37. The monoisotopic (exact) mass is 212 g/mol. The summed E-state index contributed by atoms with van der Waals surface area (Å²) in [5.74, 6) is -6.28. The molecule has 0 bridgehead atoms. The molecule has 0 aliphatic carbocycles. The third kappa shape index (κ3) is 1.54. The number of aromatic carboxylic acids is 1. The van der Waals surface area contributed by atoms with E-state index in [9.17, 15) is 22.4 Å². The van der Waals surface area contributed by atoms with E-state index in [1.807, 2.05) is 0 Å². The number of alkyl halides is 4. The summed E-state index contributed by atoms with van der Waals surface area (Å²) in [4.78, 5) is 10.3. The molecule has 0 aromatic carbocycles. The number of aromatic nitrogens is 2. The van der Waals surface area contributed by atoms with E-state index < -0.39 is 29.6 Å². The fourth-order valence-corrected chi connectivity index (χ4v) is 0.811. The highest BCUT2D eigenvalue weighted by Crippen LogP contribution is 2.34. The summed E-state index contributed by atoms with van der Waals surface area (Å²) in [6.45, 7) is 0. The molecule has 8 heteroatoms. The number of nitrogens with zero attached hydrogens (tertiary/aromatic N) is 1. The van der Waals surface area contributed by atoms with Crippen molar-refractivity contribution < 1.29 is 27.5 Å². The molecule has 0 radical (unpaired) electrons. The van der Waals surface area contributed by atoms with Crippen molar-refractivity contribution in [3.63, 3.8) is 0 Å². The molecule has 0 amide bonds. The summed E-state index contributed by atoms with van der Waals surface area (Å²) in [5, 5.41) is 12.9. The van der Waals surface area contributed by atoms with Crippen LogP contribution in [0.4, 0.5) is 17.6 Å². The molecule has 0 unspecified atom stereocenters. The van der Waals surface area contributed by atoms with Crippen LogP contribution in [0.5, 0.6) is 0 Å². The van der Waals surface area contributed by atoms with Crippen LogP contribution < -0.4 is 0 Å². The van der Waals surface area contributed by atoms with Gasteiger partial charge >= 0.3 is 18.3 Å². The van der Waals surface area contributed by atoms with E-state index >= 15 is 0 Å². The van der Waals surface area contributed by atoms with Gasteiger partial charge < -0.3 is 5.11 Å². The molecule has 78 valence electrons. The number of rotatable bonds is 3. The summed E-state index contributed by atoms with van der Waals surface area (Å²) in [7, 11) is 0. The van der Waals surface area contributed by atoms with Crippen LogP contribution in [0.2, 0.25) is 0 Å². The lowest BCUT2D eigenvalue weighted by molar-refractivity contribution is -0.138. The topological polar surface area (TPSA) is 66.0 Å². The van der Waals surface area contributed by atoms with Crippen molar-refractivity contribution in [3.05, 3.63) is 17.5 Å². The van der Waals surface area contributed by atoms with Crippen LogP contribution in [0.3, 0.4) is 0 Å². The molecule has 0 spiro atoms. The van der Waals surface area contributed by atoms with Crippen LogP contribution in [-0.2, 0) is 5.92 Å². The van der Waals surface area contributed by atoms with Crippen molar-refractivity contribution in [3.8, 4) is 0 Å². The Balaban J connectivity index is 3.18. The molecule has 1 heterocycles. The molecule has 0 saturated heterocycles. The maximum absolute atomic E-state index is 12.6. The summed E-state index contributed by atoms with van der Waals surface area (Å²) in [6.07, 6.45) is -3.44. The van der Waals surface area contributed by atoms with Crippen molar-refractivity contribution in [2.75, 3.05) is 0 Å². The van der Waals surface area contributed by atoms with E-state index in [1.165, 1.54) is 0 Å². The minimum atomic E-state index is -4.54. The summed E-state index contributed by atoms with van der Waals surface area (Å²) in [6, 6.07) is 0. The molecule has 0 aliphatic heterocycles. The van der Waals surface area contributed by atoms with E-state index in [1.54, 1.807) is 5.10 Å². The Kier molecular flexibility index (Phi) is 2.45. The number of nitrogens with one attached hydrogen (secondary N) is 1. The molecule has 1 rings (SSSR count). The van der Waals surface area contributed by atoms with E-state index in [4.69, 9.17) is 5.11 Å². The summed E-state index contributed by atoms with van der Waals surface area (Å²) in [5.41, 5.74) is -2.35. The zero-order valence-corrected chi connectivity index (χ0v) is 6.47. The number of aromatic amines is 1. The number of hydrogen-bond acceptors (Lipinski definition) is 2. The quantitative estimate of drug-likeness (QED) is 0.745. The second-order valence-electron chi connectivity index (χ2n) is 2.39. The molecule has 0 saturated carbocycles. The highest BCUT2D eigenvalue weighted by Gasteiger charge is 2.47. The van der Waals surface area contributed by atoms with Gasteiger partial charge in [0.05, 0.1) is 6.20 Å². The molecule has 0 atom stereocenters. The minimum absolute atomic E-state index is 0.550. The van der Waals surface area contributed by atoms with Gasteiger partial charge in [-0.3, -0.25) is 5.10 Å². The predicted octanol–water partition coefficient (Wildman–Crippen LogP) is 1.46. The van der Waals surface area contributed by atoms with Gasteiger partial charge in [-0.1, -0.05) is 0 Å². The Morgan fingerprint density at radius 1 is 1.57 bits per heavy atom. The van der Waals surface area contributed by atoms with Gasteiger partial charge in [0.2, 0.25) is 0 Å². The van der Waals surface area contributed by atoms with E-state index in [0.717, 1.165) is 0 Å². The van der Waals surface area contributed by atoms with Crippen LogP contribution in [0.1, 0.15) is 16.1 Å². The SMILES string of the molecule is O=C(O)c1cn[nH]c1C(F)(F)C(F)F. The normalized spacial score (nSPS) is 12.1. The number of hydrogen-bond donors (Lipinski definition) is 2. The predicted molar refractivity (Wildman–Crippen MR) is 35.4 cm³/mol. The van der Waals surface area contributed by atoms with Crippen molar-refractivity contribution in [1.29, 1.82) is 0 Å². The van der Waals surface area contributed by atoms with Gasteiger partial charge in [-0.15, -0.1) is 0 Å². The van der Waals surface area contributed by atoms with Crippen LogP contribution in [0.25, 0.3) is 0 Å². The average Bonchev–Trinajstić information content (AvgIpc) is 2.51. The van der Waals surface area contributed by atoms with E-state index in [2.05, 4.69) is 5.10 Å². The standard InChI is InChI=1S/C6H4F4N2O2/c7-5(8)6(9,10)3-2(4(13)14)1-11-12-3/h1,5H,(H,11,12)(H,13,14). The molecular formula is C6H4F4N2O2. The first kappa shape index (κ1) is 10.5. The Hall–Kier alpha value is -1.60. The van der Waals surface area contributed by atoms with Crippen LogP contribution in [-0.4, -0.2) is 27.7 Å². The third-order valence-corrected chi connectivity index (χ3v) is 1.48. The maximum Gasteiger partial charge on any atom is 0.349 e. The fourth-order valence-electron chi connectivity index (χ4n) is 0.811. The Morgan fingerprint density at radius 3 is 2.57 bits per heavy atom. The highest BCUT2D eigenvalue weighted by molar-refractivity contribution is 5.88. The minimum Gasteiger partial charge on any atom is -0.478 e. The first-order valence-corrected chi connectivity index (χ1v) is 3.30. The van der Waals surface area contributed by atoms with Crippen LogP contribution in [0, 0.1) is 0 Å². The van der Waals surface area contributed by atoms with E-state index in [0.29, 0.717) is 6.20 Å². The van der Waals surface area contributed by atoms with E-state index in [-0.39, 0.29) is 0 Å². The Labute approximate surface area is 74.5 Å². The zero-order valence-electron chi connectivity index (χ0n) is 6.47. The highest BCUT2D eigenvalue weighted by atomic mass is 19.3. The lowest BCUT2D eigenvalue weighted by atomic mass is 10.1. The molecule has 14 heavy (non-hydrogen) atoms. The van der Waals surface area contributed by atoms with Crippen molar-refractivity contribution in [2.24, 2.45) is 0 Å². The van der Waals surface area contributed by atoms with Gasteiger partial charge in [0, 0.05) is 0 Å². The van der Waals surface area contributed by atoms with Crippen molar-refractivity contribution >= 4 is 5.97 Å². The smallest absolute Gasteiger partial charge is 0.349 e. The number of carbonyl (C=O) groups is 1. The van der Waals surface area contributed by atoms with Crippen LogP contribution in [0.15, 0.2) is 6.20 Å². The lowest BCUT2D eigenvalue weighted by Crippen LogP contribution is -2.26. The molecule has 4 nitrogen and oxygen atoms in total. The largest absolute Gasteiger partial charge is 0.478 e. The first-order valence-electron chi connectivity index (χ1n) is 3.30. The zero-order chi connectivity index (χ0) is 10.9. The molecule has 0 aliphatic rings. The van der Waals surface area contributed by atoms with Crippen molar-refractivity contribution in [2.45, 2.75) is 12.3 Å². The van der Waals surface area contributed by atoms with Gasteiger partial charge in [-0.2, -0.15) is 13.9 Å². The Bertz CT molecular complexity index is 349. The van der Waals surface area contributed by atoms with Crippen molar-refractivity contribution in [1.82, 2.24) is 10.2 Å². The number of carboxylic acids is 1. The van der Waals surface area contributed by atoms with Gasteiger partial charge in [-0.05, 0) is 0 Å². The van der Waals surface area contributed by atoms with Crippen LogP contribution >= 0.6 is 0 Å². The second kappa shape index (κ2) is 3.28. The molecular weight excluding hydrogens is 208 g/mol. The maximum atomic E-state index is 12.6. The Morgan fingerprint density at radius 2 is 2.14 bits per heavy atom. The molecule has 2 N–H and O–H groups in total. The fraction of sp³-hybridized carbons (Fsp3) is 0.333. The molecule has 1 aromatic heterocycles. The average molecular weight is 212 g/mol. The summed E-state index contributed by atoms with van der Waals surface area (Å²) < 4.78 is 49.0. The number of carboxylic acid groups (broad SMARTS) is 1. The number of halogens is 4. The second-order valence-corrected chi connectivity index (χ2v) is 2.39. The van der Waals surface area contributed by atoms with Gasteiger partial charge in [0.15, 0.2) is 0 Å². The number of H-pyrrole nitrogens is 1.